The molecule has 2 heterocycles. The predicted molar refractivity (Wildman–Crippen MR) is 113 cm³/mol. The molecule has 8 nitrogen and oxygen atoms in total. The van der Waals surface area contributed by atoms with Crippen LogP contribution in [0, 0.1) is 6.92 Å². The molecule has 4 rings (SSSR count). The number of amides is 3. The molecule has 0 radical (unpaired) electrons. The van der Waals surface area contributed by atoms with Crippen LogP contribution < -0.4 is 5.32 Å². The van der Waals surface area contributed by atoms with Crippen LogP contribution in [0.25, 0.3) is 11.4 Å². The fourth-order valence-electron chi connectivity index (χ4n) is 3.27. The summed E-state index contributed by atoms with van der Waals surface area (Å²) >= 11 is 1.27. The Morgan fingerprint density at radius 1 is 1.00 bits per heavy atom. The molecule has 9 heteroatoms. The molecule has 1 N–H and O–H groups in total. The maximum atomic E-state index is 12.4. The van der Waals surface area contributed by atoms with Gasteiger partial charge < -0.3 is 9.88 Å². The van der Waals surface area contributed by atoms with E-state index in [1.807, 2.05) is 42.8 Å². The van der Waals surface area contributed by atoms with Crippen molar-refractivity contribution in [3.05, 3.63) is 59.2 Å². The number of carbonyl (C=O) groups excluding carboxylic acids is 3. The maximum Gasteiger partial charge on any atom is 0.261 e. The van der Waals surface area contributed by atoms with Gasteiger partial charge in [-0.3, -0.25) is 19.3 Å². The van der Waals surface area contributed by atoms with Crippen LogP contribution in [0.1, 0.15) is 26.3 Å². The summed E-state index contributed by atoms with van der Waals surface area (Å²) in [6.45, 7) is 2.01. The highest BCUT2D eigenvalue weighted by molar-refractivity contribution is 7.99. The van der Waals surface area contributed by atoms with E-state index in [9.17, 15) is 14.4 Å². The Labute approximate surface area is 177 Å². The average Bonchev–Trinajstić information content (AvgIpc) is 3.20. The maximum absolute atomic E-state index is 12.4. The van der Waals surface area contributed by atoms with E-state index in [1.54, 1.807) is 12.1 Å². The van der Waals surface area contributed by atoms with E-state index in [1.165, 1.54) is 24.9 Å². The molecular weight excluding hydrogens is 402 g/mol. The minimum absolute atomic E-state index is 0.129. The van der Waals surface area contributed by atoms with Gasteiger partial charge in [0.15, 0.2) is 11.0 Å². The van der Waals surface area contributed by atoms with Gasteiger partial charge in [-0.2, -0.15) is 0 Å². The van der Waals surface area contributed by atoms with Gasteiger partial charge in [0.25, 0.3) is 11.8 Å². The lowest BCUT2D eigenvalue weighted by atomic mass is 10.1. The minimum atomic E-state index is -0.372. The molecule has 0 spiro atoms. The van der Waals surface area contributed by atoms with Crippen molar-refractivity contribution in [2.45, 2.75) is 12.1 Å². The number of aromatic nitrogens is 3. The highest BCUT2D eigenvalue weighted by Crippen LogP contribution is 2.26. The van der Waals surface area contributed by atoms with Crippen molar-refractivity contribution in [3.63, 3.8) is 0 Å². The quantitative estimate of drug-likeness (QED) is 0.503. The fraction of sp³-hybridized carbons (Fsp3) is 0.190. The molecule has 2 aromatic carbocycles. The first-order chi connectivity index (χ1) is 14.4. The summed E-state index contributed by atoms with van der Waals surface area (Å²) in [7, 11) is 3.30. The monoisotopic (exact) mass is 421 g/mol. The lowest BCUT2D eigenvalue weighted by Gasteiger charge is -2.07. The summed E-state index contributed by atoms with van der Waals surface area (Å²) in [5, 5.41) is 11.8. The Morgan fingerprint density at radius 3 is 2.50 bits per heavy atom. The number of hydrogen-bond acceptors (Lipinski definition) is 6. The van der Waals surface area contributed by atoms with E-state index in [0.29, 0.717) is 22.0 Å². The molecule has 30 heavy (non-hydrogen) atoms. The zero-order valence-corrected chi connectivity index (χ0v) is 17.5. The molecule has 0 bridgehead atoms. The molecule has 0 atom stereocenters. The van der Waals surface area contributed by atoms with E-state index in [-0.39, 0.29) is 23.5 Å². The fourth-order valence-corrected chi connectivity index (χ4v) is 3.98. The van der Waals surface area contributed by atoms with Crippen molar-refractivity contribution >= 4 is 35.2 Å². The second kappa shape index (κ2) is 7.75. The zero-order valence-electron chi connectivity index (χ0n) is 16.7. The average molecular weight is 421 g/mol. The smallest absolute Gasteiger partial charge is 0.261 e. The van der Waals surface area contributed by atoms with E-state index in [4.69, 9.17) is 0 Å². The van der Waals surface area contributed by atoms with Crippen molar-refractivity contribution in [2.24, 2.45) is 7.05 Å². The van der Waals surface area contributed by atoms with Gasteiger partial charge in [-0.05, 0) is 30.7 Å². The summed E-state index contributed by atoms with van der Waals surface area (Å²) in [6.07, 6.45) is 0. The van der Waals surface area contributed by atoms with Gasteiger partial charge in [-0.25, -0.2) is 0 Å². The third-order valence-corrected chi connectivity index (χ3v) is 5.95. The highest BCUT2D eigenvalue weighted by Gasteiger charge is 2.32. The number of imide groups is 1. The van der Waals surface area contributed by atoms with Gasteiger partial charge in [-0.15, -0.1) is 10.2 Å². The van der Waals surface area contributed by atoms with Crippen LogP contribution in [-0.2, 0) is 11.8 Å². The Hall–Kier alpha value is -3.46. The van der Waals surface area contributed by atoms with Crippen molar-refractivity contribution in [2.75, 3.05) is 18.1 Å². The molecule has 3 amide bonds. The largest absolute Gasteiger partial charge is 0.325 e. The first kappa shape index (κ1) is 19.8. The van der Waals surface area contributed by atoms with E-state index in [2.05, 4.69) is 15.5 Å². The number of benzene rings is 2. The number of thioether (sulfide) groups is 1. The van der Waals surface area contributed by atoms with Gasteiger partial charge in [0.2, 0.25) is 5.91 Å². The van der Waals surface area contributed by atoms with Crippen LogP contribution in [0.5, 0.6) is 0 Å². The molecule has 3 aromatic rings. The number of carbonyl (C=O) groups is 3. The van der Waals surface area contributed by atoms with Gasteiger partial charge in [0.1, 0.15) is 0 Å². The Balaban J connectivity index is 1.43. The predicted octanol–water partition coefficient (Wildman–Crippen LogP) is 2.75. The molecule has 0 fully saturated rings. The van der Waals surface area contributed by atoms with Crippen LogP contribution >= 0.6 is 11.8 Å². The van der Waals surface area contributed by atoms with Gasteiger partial charge in [0.05, 0.1) is 16.9 Å². The number of nitrogens with one attached hydrogen (secondary N) is 1. The summed E-state index contributed by atoms with van der Waals surface area (Å²) in [5.74, 6) is -0.0882. The SMILES string of the molecule is Cc1ccccc1-c1nnc(SCC(=O)Nc2ccc3c(c2)C(=O)N(C)C3=O)n1C. The number of aryl methyl sites for hydroxylation is 1. The van der Waals surface area contributed by atoms with Crippen LogP contribution in [0.15, 0.2) is 47.6 Å². The molecule has 0 aliphatic carbocycles. The lowest BCUT2D eigenvalue weighted by molar-refractivity contribution is -0.113. The summed E-state index contributed by atoms with van der Waals surface area (Å²) in [5.41, 5.74) is 3.19. The van der Waals surface area contributed by atoms with Crippen LogP contribution in [0.2, 0.25) is 0 Å². The number of rotatable bonds is 5. The zero-order chi connectivity index (χ0) is 21.4. The van der Waals surface area contributed by atoms with Gasteiger partial charge in [-0.1, -0.05) is 36.0 Å². The number of nitrogens with zero attached hydrogens (tertiary/aromatic N) is 4. The molecule has 0 unspecified atom stereocenters. The molecule has 0 saturated heterocycles. The Morgan fingerprint density at radius 2 is 1.73 bits per heavy atom. The topological polar surface area (TPSA) is 97.2 Å². The number of fused-ring (bicyclic) bond motifs is 1. The lowest BCUT2D eigenvalue weighted by Crippen LogP contribution is -2.24. The van der Waals surface area contributed by atoms with Crippen molar-refractivity contribution in [1.29, 1.82) is 0 Å². The molecule has 1 aromatic heterocycles. The molecule has 0 saturated carbocycles. The van der Waals surface area contributed by atoms with Crippen LogP contribution in [0.3, 0.4) is 0 Å². The Bertz CT molecular complexity index is 1190. The summed E-state index contributed by atoms with van der Waals surface area (Å²) in [4.78, 5) is 37.5. The molecule has 1 aliphatic heterocycles. The third kappa shape index (κ3) is 3.48. The second-order valence-electron chi connectivity index (χ2n) is 6.95. The minimum Gasteiger partial charge on any atom is -0.325 e. The summed E-state index contributed by atoms with van der Waals surface area (Å²) < 4.78 is 1.86. The number of hydrogen-bond donors (Lipinski definition) is 1. The van der Waals surface area contributed by atoms with Crippen molar-refractivity contribution in [3.8, 4) is 11.4 Å². The van der Waals surface area contributed by atoms with Crippen LogP contribution in [0.4, 0.5) is 5.69 Å². The first-order valence-corrected chi connectivity index (χ1v) is 10.2. The van der Waals surface area contributed by atoms with Gasteiger partial charge in [0, 0.05) is 25.3 Å². The first-order valence-electron chi connectivity index (χ1n) is 9.21. The van der Waals surface area contributed by atoms with Crippen LogP contribution in [-0.4, -0.2) is 50.2 Å². The van der Waals surface area contributed by atoms with Crippen molar-refractivity contribution < 1.29 is 14.4 Å². The third-order valence-electron chi connectivity index (χ3n) is 4.93. The second-order valence-corrected chi connectivity index (χ2v) is 7.89. The Kier molecular flexibility index (Phi) is 5.13. The van der Waals surface area contributed by atoms with Gasteiger partial charge >= 0.3 is 0 Å². The summed E-state index contributed by atoms with van der Waals surface area (Å²) in [6, 6.07) is 12.6. The van der Waals surface area contributed by atoms with E-state index >= 15 is 0 Å². The molecule has 152 valence electrons. The van der Waals surface area contributed by atoms with Crippen molar-refractivity contribution in [1.82, 2.24) is 19.7 Å². The number of anilines is 1. The van der Waals surface area contributed by atoms with E-state index < -0.39 is 0 Å². The molecular formula is C21H19N5O3S. The normalized spacial score (nSPS) is 13.0. The highest BCUT2D eigenvalue weighted by atomic mass is 32.2. The standard InChI is InChI=1S/C21H19N5O3S/c1-12-6-4-5-7-14(12)18-23-24-21(25(18)2)30-11-17(27)22-13-8-9-15-16(10-13)20(29)26(3)19(15)28/h4-10H,11H2,1-3H3,(H,22,27). The molecule has 1 aliphatic rings. The van der Waals surface area contributed by atoms with E-state index in [0.717, 1.165) is 21.9 Å².